The van der Waals surface area contributed by atoms with Gasteiger partial charge in [-0.2, -0.15) is 5.10 Å². The second-order valence-electron chi connectivity index (χ2n) is 7.32. The zero-order chi connectivity index (χ0) is 22.7. The standard InChI is InChI=1S/C23H23N3O5S/c1-3-30-21-11-5-4-10-18(21)20-15-19(24-26(20)23(27)22-12-7-13-31-22)16-8-6-9-17(14-16)25-32(2,28)29/h4-14,20,25H,3,15H2,1-2H3. The molecule has 1 atom stereocenters. The maximum atomic E-state index is 13.2. The summed E-state index contributed by atoms with van der Waals surface area (Å²) in [6, 6.07) is 17.3. The number of carbonyl (C=O) groups is 1. The highest BCUT2D eigenvalue weighted by atomic mass is 32.2. The Hall–Kier alpha value is -3.59. The summed E-state index contributed by atoms with van der Waals surface area (Å²) in [6.45, 7) is 2.39. The van der Waals surface area contributed by atoms with Crippen molar-refractivity contribution in [2.75, 3.05) is 17.6 Å². The molecule has 1 amide bonds. The van der Waals surface area contributed by atoms with E-state index in [0.717, 1.165) is 11.8 Å². The molecule has 9 heteroatoms. The number of hydrogen-bond donors (Lipinski definition) is 1. The van der Waals surface area contributed by atoms with Gasteiger partial charge in [-0.3, -0.25) is 9.52 Å². The van der Waals surface area contributed by atoms with Crippen LogP contribution in [0.1, 0.15) is 41.1 Å². The number of rotatable bonds is 7. The van der Waals surface area contributed by atoms with E-state index in [1.165, 1.54) is 11.3 Å². The van der Waals surface area contributed by atoms with E-state index in [-0.39, 0.29) is 11.7 Å². The highest BCUT2D eigenvalue weighted by molar-refractivity contribution is 7.92. The number of hydrazone groups is 1. The van der Waals surface area contributed by atoms with Gasteiger partial charge in [0, 0.05) is 17.7 Å². The summed E-state index contributed by atoms with van der Waals surface area (Å²) in [5.74, 6) is 0.495. The van der Waals surface area contributed by atoms with Gasteiger partial charge in [0.1, 0.15) is 5.75 Å². The SMILES string of the molecule is CCOc1ccccc1C1CC(c2cccc(NS(C)(=O)=O)c2)=NN1C(=O)c1ccco1. The lowest BCUT2D eigenvalue weighted by atomic mass is 9.97. The van der Waals surface area contributed by atoms with Crippen molar-refractivity contribution in [3.05, 3.63) is 83.8 Å². The third-order valence-corrected chi connectivity index (χ3v) is 5.53. The Balaban J connectivity index is 1.74. The number of hydrogen-bond acceptors (Lipinski definition) is 6. The van der Waals surface area contributed by atoms with Crippen LogP contribution in [0.15, 0.2) is 76.4 Å². The first-order chi connectivity index (χ1) is 15.4. The molecule has 1 aliphatic heterocycles. The maximum absolute atomic E-state index is 13.2. The Bertz CT molecular complexity index is 1250. The van der Waals surface area contributed by atoms with Crippen molar-refractivity contribution < 1.29 is 22.4 Å². The minimum Gasteiger partial charge on any atom is -0.494 e. The first-order valence-corrected chi connectivity index (χ1v) is 12.0. The third-order valence-electron chi connectivity index (χ3n) is 4.93. The normalized spacial score (nSPS) is 16.0. The molecule has 32 heavy (non-hydrogen) atoms. The van der Waals surface area contributed by atoms with Gasteiger partial charge in [-0.1, -0.05) is 30.3 Å². The van der Waals surface area contributed by atoms with Gasteiger partial charge in [-0.15, -0.1) is 0 Å². The van der Waals surface area contributed by atoms with Crippen molar-refractivity contribution in [2.45, 2.75) is 19.4 Å². The number of para-hydroxylation sites is 1. The number of ether oxygens (including phenoxy) is 1. The maximum Gasteiger partial charge on any atom is 0.310 e. The van der Waals surface area contributed by atoms with E-state index in [9.17, 15) is 13.2 Å². The van der Waals surface area contributed by atoms with Crippen LogP contribution in [0.3, 0.4) is 0 Å². The number of nitrogens with one attached hydrogen (secondary N) is 1. The molecule has 1 N–H and O–H groups in total. The van der Waals surface area contributed by atoms with E-state index in [1.54, 1.807) is 30.3 Å². The molecular formula is C23H23N3O5S. The molecule has 1 aliphatic rings. The molecule has 2 aromatic carbocycles. The van der Waals surface area contributed by atoms with Gasteiger partial charge in [0.2, 0.25) is 10.0 Å². The van der Waals surface area contributed by atoms with Gasteiger partial charge in [-0.05, 0) is 42.8 Å². The van der Waals surface area contributed by atoms with Crippen LogP contribution < -0.4 is 9.46 Å². The van der Waals surface area contributed by atoms with Gasteiger partial charge in [0.15, 0.2) is 5.76 Å². The Morgan fingerprint density at radius 1 is 1.19 bits per heavy atom. The van der Waals surface area contributed by atoms with E-state index in [1.807, 2.05) is 37.3 Å². The first kappa shape index (κ1) is 21.6. The Labute approximate surface area is 186 Å². The zero-order valence-electron chi connectivity index (χ0n) is 17.7. The van der Waals surface area contributed by atoms with Crippen LogP contribution >= 0.6 is 0 Å². The molecule has 0 radical (unpaired) electrons. The highest BCUT2D eigenvalue weighted by Crippen LogP contribution is 2.38. The molecule has 0 saturated carbocycles. The number of benzene rings is 2. The molecule has 1 unspecified atom stereocenters. The predicted octanol–water partition coefficient (Wildman–Crippen LogP) is 4.04. The lowest BCUT2D eigenvalue weighted by Gasteiger charge is -2.23. The number of anilines is 1. The van der Waals surface area contributed by atoms with Gasteiger partial charge < -0.3 is 9.15 Å². The fourth-order valence-electron chi connectivity index (χ4n) is 3.65. The van der Waals surface area contributed by atoms with Crippen LogP contribution in [0.4, 0.5) is 5.69 Å². The molecule has 0 saturated heterocycles. The molecule has 1 aromatic heterocycles. The van der Waals surface area contributed by atoms with Crippen molar-refractivity contribution in [2.24, 2.45) is 5.10 Å². The topological polar surface area (TPSA) is 101 Å². The minimum atomic E-state index is -3.42. The number of nitrogens with zero attached hydrogens (tertiary/aromatic N) is 2. The van der Waals surface area contributed by atoms with E-state index in [0.29, 0.717) is 35.7 Å². The van der Waals surface area contributed by atoms with Gasteiger partial charge in [0.25, 0.3) is 0 Å². The van der Waals surface area contributed by atoms with Crippen LogP contribution in [0.2, 0.25) is 0 Å². The van der Waals surface area contributed by atoms with Gasteiger partial charge in [0.05, 0.1) is 30.9 Å². The van der Waals surface area contributed by atoms with Crippen LogP contribution in [0, 0.1) is 0 Å². The molecular weight excluding hydrogens is 430 g/mol. The van der Waals surface area contributed by atoms with Crippen molar-refractivity contribution >= 4 is 27.3 Å². The average molecular weight is 454 g/mol. The Kier molecular flexibility index (Phi) is 6.00. The fourth-order valence-corrected chi connectivity index (χ4v) is 4.20. The van der Waals surface area contributed by atoms with Crippen molar-refractivity contribution in [3.63, 3.8) is 0 Å². The second-order valence-corrected chi connectivity index (χ2v) is 9.07. The molecule has 0 aliphatic carbocycles. The van der Waals surface area contributed by atoms with Crippen LogP contribution in [0.5, 0.6) is 5.75 Å². The lowest BCUT2D eigenvalue weighted by Crippen LogP contribution is -2.27. The summed E-state index contributed by atoms with van der Waals surface area (Å²) >= 11 is 0. The van der Waals surface area contributed by atoms with Crippen molar-refractivity contribution in [3.8, 4) is 5.75 Å². The van der Waals surface area contributed by atoms with Crippen molar-refractivity contribution in [1.29, 1.82) is 0 Å². The third kappa shape index (κ3) is 4.67. The quantitative estimate of drug-likeness (QED) is 0.582. The average Bonchev–Trinajstić information content (AvgIpc) is 3.43. The summed E-state index contributed by atoms with van der Waals surface area (Å²) in [5.41, 5.74) is 2.62. The summed E-state index contributed by atoms with van der Waals surface area (Å²) in [5, 5.41) is 6.02. The Morgan fingerprint density at radius 2 is 2.00 bits per heavy atom. The van der Waals surface area contributed by atoms with Crippen LogP contribution in [-0.2, 0) is 10.0 Å². The highest BCUT2D eigenvalue weighted by Gasteiger charge is 2.36. The lowest BCUT2D eigenvalue weighted by molar-refractivity contribution is 0.0676. The number of furan rings is 1. The number of carbonyl (C=O) groups excluding carboxylic acids is 1. The summed E-state index contributed by atoms with van der Waals surface area (Å²) < 4.78 is 36.8. The molecule has 0 spiro atoms. The van der Waals surface area contributed by atoms with E-state index >= 15 is 0 Å². The molecule has 4 rings (SSSR count). The Morgan fingerprint density at radius 3 is 2.72 bits per heavy atom. The van der Waals surface area contributed by atoms with Gasteiger partial charge in [-0.25, -0.2) is 13.4 Å². The van der Waals surface area contributed by atoms with Gasteiger partial charge >= 0.3 is 5.91 Å². The first-order valence-electron chi connectivity index (χ1n) is 10.1. The van der Waals surface area contributed by atoms with Crippen LogP contribution in [-0.4, -0.2) is 37.9 Å². The van der Waals surface area contributed by atoms with E-state index in [4.69, 9.17) is 9.15 Å². The monoisotopic (exact) mass is 453 g/mol. The molecule has 8 nitrogen and oxygen atoms in total. The minimum absolute atomic E-state index is 0.182. The number of amides is 1. The summed E-state index contributed by atoms with van der Waals surface area (Å²) in [4.78, 5) is 13.2. The van der Waals surface area contributed by atoms with Crippen LogP contribution in [0.25, 0.3) is 0 Å². The molecule has 3 aromatic rings. The number of sulfonamides is 1. The molecule has 2 heterocycles. The zero-order valence-corrected chi connectivity index (χ0v) is 18.5. The predicted molar refractivity (Wildman–Crippen MR) is 121 cm³/mol. The van der Waals surface area contributed by atoms with E-state index < -0.39 is 16.1 Å². The second kappa shape index (κ2) is 8.88. The van der Waals surface area contributed by atoms with E-state index in [2.05, 4.69) is 9.82 Å². The molecule has 0 bridgehead atoms. The van der Waals surface area contributed by atoms with Crippen molar-refractivity contribution in [1.82, 2.24) is 5.01 Å². The molecule has 166 valence electrons. The molecule has 0 fully saturated rings. The fraction of sp³-hybridized carbons (Fsp3) is 0.217. The largest absolute Gasteiger partial charge is 0.494 e. The smallest absolute Gasteiger partial charge is 0.310 e. The summed E-state index contributed by atoms with van der Waals surface area (Å²) in [6.07, 6.45) is 2.97. The summed E-state index contributed by atoms with van der Waals surface area (Å²) in [7, 11) is -3.42.